The maximum atomic E-state index is 12.0. The quantitative estimate of drug-likeness (QED) is 0.861. The van der Waals surface area contributed by atoms with Crippen LogP contribution in [0.5, 0.6) is 0 Å². The molecule has 0 spiro atoms. The number of benzene rings is 1. The molecule has 4 heteroatoms. The van der Waals surface area contributed by atoms with Crippen LogP contribution in [-0.2, 0) is 16.1 Å². The average Bonchev–Trinajstić information content (AvgIpc) is 2.42. The van der Waals surface area contributed by atoms with E-state index in [1.807, 2.05) is 0 Å². The van der Waals surface area contributed by atoms with E-state index in [0.717, 1.165) is 6.54 Å². The fourth-order valence-corrected chi connectivity index (χ4v) is 2.24. The van der Waals surface area contributed by atoms with Crippen LogP contribution >= 0.6 is 0 Å². The smallest absolute Gasteiger partial charge is 0.250 e. The summed E-state index contributed by atoms with van der Waals surface area (Å²) < 4.78 is 5.43. The van der Waals surface area contributed by atoms with Crippen LogP contribution in [0.3, 0.4) is 0 Å². The summed E-state index contributed by atoms with van der Waals surface area (Å²) in [4.78, 5) is 12.0. The molecule has 0 aromatic heterocycles. The van der Waals surface area contributed by atoms with Gasteiger partial charge >= 0.3 is 0 Å². The normalized spacial score (nSPS) is 19.2. The molecule has 104 valence electrons. The van der Waals surface area contributed by atoms with Crippen LogP contribution in [0, 0.1) is 20.8 Å². The van der Waals surface area contributed by atoms with Gasteiger partial charge in [-0.15, -0.1) is 0 Å². The lowest BCUT2D eigenvalue weighted by molar-refractivity contribution is -0.134. The number of nitrogens with one attached hydrogen (secondary N) is 2. The van der Waals surface area contributed by atoms with Gasteiger partial charge in [0, 0.05) is 19.6 Å². The van der Waals surface area contributed by atoms with Crippen molar-refractivity contribution in [3.05, 3.63) is 34.4 Å². The highest BCUT2D eigenvalue weighted by Crippen LogP contribution is 2.15. The second kappa shape index (κ2) is 6.17. The Balaban J connectivity index is 1.94. The Labute approximate surface area is 114 Å². The number of hydrogen-bond donors (Lipinski definition) is 2. The second-order valence-electron chi connectivity index (χ2n) is 5.14. The Morgan fingerprint density at radius 2 is 2.05 bits per heavy atom. The van der Waals surface area contributed by atoms with Gasteiger partial charge in [0.1, 0.15) is 6.10 Å². The first-order valence-corrected chi connectivity index (χ1v) is 6.74. The Morgan fingerprint density at radius 1 is 1.32 bits per heavy atom. The van der Waals surface area contributed by atoms with E-state index in [1.165, 1.54) is 22.3 Å². The van der Waals surface area contributed by atoms with Crippen LogP contribution in [0.2, 0.25) is 0 Å². The first kappa shape index (κ1) is 14.0. The van der Waals surface area contributed by atoms with Crippen molar-refractivity contribution < 1.29 is 9.53 Å². The summed E-state index contributed by atoms with van der Waals surface area (Å²) in [6.07, 6.45) is -0.361. The Kier molecular flexibility index (Phi) is 4.56. The van der Waals surface area contributed by atoms with E-state index in [0.29, 0.717) is 19.7 Å². The number of carbonyl (C=O) groups excluding carboxylic acids is 1. The minimum atomic E-state index is -0.361. The molecular formula is C15H22N2O2. The fourth-order valence-electron chi connectivity index (χ4n) is 2.24. The van der Waals surface area contributed by atoms with E-state index in [-0.39, 0.29) is 12.0 Å². The highest BCUT2D eigenvalue weighted by Gasteiger charge is 2.21. The molecule has 1 heterocycles. The predicted molar refractivity (Wildman–Crippen MR) is 75.1 cm³/mol. The fraction of sp³-hybridized carbons (Fsp3) is 0.533. The summed E-state index contributed by atoms with van der Waals surface area (Å²) in [5.41, 5.74) is 4.92. The summed E-state index contributed by atoms with van der Waals surface area (Å²) in [6.45, 7) is 8.84. The van der Waals surface area contributed by atoms with Gasteiger partial charge in [-0.3, -0.25) is 4.79 Å². The van der Waals surface area contributed by atoms with Crippen LogP contribution < -0.4 is 10.6 Å². The molecule has 1 aliphatic heterocycles. The Hall–Kier alpha value is -1.39. The molecule has 0 radical (unpaired) electrons. The van der Waals surface area contributed by atoms with Crippen molar-refractivity contribution in [1.82, 2.24) is 10.6 Å². The van der Waals surface area contributed by atoms with Crippen LogP contribution in [0.25, 0.3) is 0 Å². The van der Waals surface area contributed by atoms with Gasteiger partial charge < -0.3 is 15.4 Å². The molecule has 1 aromatic rings. The van der Waals surface area contributed by atoms with E-state index in [9.17, 15) is 4.79 Å². The molecule has 1 aromatic carbocycles. The number of amides is 1. The minimum absolute atomic E-state index is 0.0372. The number of carbonyl (C=O) groups is 1. The average molecular weight is 262 g/mol. The topological polar surface area (TPSA) is 50.4 Å². The molecule has 1 amide bonds. The lowest BCUT2D eigenvalue weighted by atomic mass is 10.0. The van der Waals surface area contributed by atoms with Crippen LogP contribution in [0.4, 0.5) is 0 Å². The van der Waals surface area contributed by atoms with Gasteiger partial charge in [0.2, 0.25) is 0 Å². The van der Waals surface area contributed by atoms with Gasteiger partial charge in [0.15, 0.2) is 0 Å². The summed E-state index contributed by atoms with van der Waals surface area (Å²) in [5, 5.41) is 6.11. The third-order valence-corrected chi connectivity index (χ3v) is 3.63. The molecule has 2 rings (SSSR count). The van der Waals surface area contributed by atoms with Gasteiger partial charge in [-0.25, -0.2) is 0 Å². The van der Waals surface area contributed by atoms with E-state index < -0.39 is 0 Å². The van der Waals surface area contributed by atoms with E-state index in [4.69, 9.17) is 4.74 Å². The monoisotopic (exact) mass is 262 g/mol. The molecule has 1 atom stereocenters. The summed E-state index contributed by atoms with van der Waals surface area (Å²) in [7, 11) is 0. The van der Waals surface area contributed by atoms with E-state index in [2.05, 4.69) is 43.5 Å². The number of ether oxygens (including phenoxy) is 1. The van der Waals surface area contributed by atoms with Gasteiger partial charge in [0.25, 0.3) is 5.91 Å². The highest BCUT2D eigenvalue weighted by molar-refractivity contribution is 5.81. The van der Waals surface area contributed by atoms with E-state index >= 15 is 0 Å². The molecule has 4 nitrogen and oxygen atoms in total. The lowest BCUT2D eigenvalue weighted by Gasteiger charge is -2.23. The Bertz CT molecular complexity index is 465. The zero-order valence-electron chi connectivity index (χ0n) is 11.9. The van der Waals surface area contributed by atoms with Crippen molar-refractivity contribution in [2.24, 2.45) is 0 Å². The molecule has 0 aliphatic carbocycles. The maximum Gasteiger partial charge on any atom is 0.250 e. The van der Waals surface area contributed by atoms with Crippen LogP contribution in [0.1, 0.15) is 22.3 Å². The van der Waals surface area contributed by atoms with E-state index in [1.54, 1.807) is 0 Å². The van der Waals surface area contributed by atoms with Crippen molar-refractivity contribution in [2.45, 2.75) is 33.4 Å². The maximum absolute atomic E-state index is 12.0. The third-order valence-electron chi connectivity index (χ3n) is 3.63. The largest absolute Gasteiger partial charge is 0.366 e. The summed E-state index contributed by atoms with van der Waals surface area (Å²) in [5.74, 6) is -0.0372. The van der Waals surface area contributed by atoms with Crippen molar-refractivity contribution in [1.29, 1.82) is 0 Å². The molecule has 2 N–H and O–H groups in total. The summed E-state index contributed by atoms with van der Waals surface area (Å²) >= 11 is 0. The molecular weight excluding hydrogens is 240 g/mol. The number of morpholine rings is 1. The molecule has 1 aliphatic rings. The zero-order valence-corrected chi connectivity index (χ0v) is 11.9. The third kappa shape index (κ3) is 3.55. The first-order valence-electron chi connectivity index (χ1n) is 6.74. The molecule has 19 heavy (non-hydrogen) atoms. The highest BCUT2D eigenvalue weighted by atomic mass is 16.5. The number of aryl methyl sites for hydroxylation is 3. The predicted octanol–water partition coefficient (Wildman–Crippen LogP) is 1.22. The standard InChI is InChI=1S/C15H22N2O2/c1-10-6-12(3)13(7-11(10)2)8-17-15(18)14-9-16-4-5-19-14/h6-7,14,16H,4-5,8-9H2,1-3H3,(H,17,18). The number of rotatable bonds is 3. The first-order chi connectivity index (χ1) is 9.08. The zero-order chi connectivity index (χ0) is 13.8. The van der Waals surface area contributed by atoms with Gasteiger partial charge in [-0.1, -0.05) is 12.1 Å². The van der Waals surface area contributed by atoms with Crippen molar-refractivity contribution in [3.63, 3.8) is 0 Å². The van der Waals surface area contributed by atoms with Crippen LogP contribution in [-0.4, -0.2) is 31.7 Å². The van der Waals surface area contributed by atoms with Crippen molar-refractivity contribution in [3.8, 4) is 0 Å². The molecule has 0 bridgehead atoms. The summed E-state index contributed by atoms with van der Waals surface area (Å²) in [6, 6.07) is 4.31. The Morgan fingerprint density at radius 3 is 2.74 bits per heavy atom. The minimum Gasteiger partial charge on any atom is -0.366 e. The lowest BCUT2D eigenvalue weighted by Crippen LogP contribution is -2.47. The molecule has 0 saturated carbocycles. The van der Waals surface area contributed by atoms with Crippen molar-refractivity contribution >= 4 is 5.91 Å². The molecule has 1 saturated heterocycles. The van der Waals surface area contributed by atoms with Crippen LogP contribution in [0.15, 0.2) is 12.1 Å². The second-order valence-corrected chi connectivity index (χ2v) is 5.14. The van der Waals surface area contributed by atoms with Gasteiger partial charge in [-0.2, -0.15) is 0 Å². The molecule has 1 unspecified atom stereocenters. The number of hydrogen-bond acceptors (Lipinski definition) is 3. The SMILES string of the molecule is Cc1cc(C)c(CNC(=O)C2CNCCO2)cc1C. The van der Waals surface area contributed by atoms with Crippen molar-refractivity contribution in [2.75, 3.05) is 19.7 Å². The van der Waals surface area contributed by atoms with Gasteiger partial charge in [0.05, 0.1) is 6.61 Å². The van der Waals surface area contributed by atoms with Gasteiger partial charge in [-0.05, 0) is 43.0 Å². The molecule has 1 fully saturated rings.